The molecule has 0 aromatic carbocycles. The van der Waals surface area contributed by atoms with E-state index >= 15 is 0 Å². The van der Waals surface area contributed by atoms with E-state index < -0.39 is 0 Å². The van der Waals surface area contributed by atoms with Crippen molar-refractivity contribution in [2.24, 2.45) is 0 Å². The molecular formula is C10H15N3OS. The first-order valence-corrected chi connectivity index (χ1v) is 6.07. The molecule has 0 aliphatic carbocycles. The van der Waals surface area contributed by atoms with Gasteiger partial charge in [-0.25, -0.2) is 4.98 Å². The molecule has 0 saturated carbocycles. The van der Waals surface area contributed by atoms with Gasteiger partial charge in [-0.3, -0.25) is 4.79 Å². The smallest absolute Gasteiger partial charge is 0.270 e. The van der Waals surface area contributed by atoms with Crippen molar-refractivity contribution in [3.05, 3.63) is 16.1 Å². The van der Waals surface area contributed by atoms with Gasteiger partial charge in [-0.1, -0.05) is 0 Å². The Morgan fingerprint density at radius 1 is 1.80 bits per heavy atom. The van der Waals surface area contributed by atoms with E-state index in [1.807, 2.05) is 6.92 Å². The van der Waals surface area contributed by atoms with E-state index in [2.05, 4.69) is 15.6 Å². The zero-order chi connectivity index (χ0) is 10.7. The van der Waals surface area contributed by atoms with Gasteiger partial charge in [0.25, 0.3) is 5.91 Å². The van der Waals surface area contributed by atoms with Crippen LogP contribution in [-0.4, -0.2) is 30.0 Å². The summed E-state index contributed by atoms with van der Waals surface area (Å²) in [4.78, 5) is 15.8. The number of hydrogen-bond acceptors (Lipinski definition) is 4. The number of aromatic nitrogens is 1. The van der Waals surface area contributed by atoms with Crippen molar-refractivity contribution < 1.29 is 4.79 Å². The van der Waals surface area contributed by atoms with Gasteiger partial charge in [-0.2, -0.15) is 0 Å². The first-order chi connectivity index (χ1) is 7.25. The molecule has 0 bridgehead atoms. The van der Waals surface area contributed by atoms with E-state index in [0.717, 1.165) is 18.0 Å². The van der Waals surface area contributed by atoms with Crippen LogP contribution >= 0.6 is 11.3 Å². The van der Waals surface area contributed by atoms with Crippen molar-refractivity contribution in [1.29, 1.82) is 0 Å². The molecule has 1 aliphatic heterocycles. The first kappa shape index (κ1) is 10.6. The molecule has 2 rings (SSSR count). The third kappa shape index (κ3) is 2.76. The average molecular weight is 225 g/mol. The van der Waals surface area contributed by atoms with Gasteiger partial charge in [0.15, 0.2) is 0 Å². The van der Waals surface area contributed by atoms with E-state index in [4.69, 9.17) is 0 Å². The normalized spacial score (nSPS) is 20.5. The largest absolute Gasteiger partial charge is 0.349 e. The third-order valence-corrected chi connectivity index (χ3v) is 3.30. The van der Waals surface area contributed by atoms with Crippen LogP contribution in [0.25, 0.3) is 0 Å². The fourth-order valence-electron chi connectivity index (χ4n) is 1.71. The van der Waals surface area contributed by atoms with Gasteiger partial charge in [0, 0.05) is 18.0 Å². The summed E-state index contributed by atoms with van der Waals surface area (Å²) in [6.07, 6.45) is 2.35. The maximum Gasteiger partial charge on any atom is 0.270 e. The second kappa shape index (κ2) is 4.72. The van der Waals surface area contributed by atoms with Gasteiger partial charge in [0.2, 0.25) is 0 Å². The molecule has 1 saturated heterocycles. The van der Waals surface area contributed by atoms with Gasteiger partial charge < -0.3 is 10.6 Å². The van der Waals surface area contributed by atoms with Crippen LogP contribution < -0.4 is 10.6 Å². The lowest BCUT2D eigenvalue weighted by Gasteiger charge is -2.10. The summed E-state index contributed by atoms with van der Waals surface area (Å²) >= 11 is 1.50. The van der Waals surface area contributed by atoms with Crippen LogP contribution in [-0.2, 0) is 0 Å². The van der Waals surface area contributed by atoms with Crippen molar-refractivity contribution in [2.75, 3.05) is 13.1 Å². The number of carbonyl (C=O) groups excluding carboxylic acids is 1. The van der Waals surface area contributed by atoms with Crippen LogP contribution in [0.1, 0.15) is 28.3 Å². The van der Waals surface area contributed by atoms with Crippen LogP contribution in [0.4, 0.5) is 0 Å². The van der Waals surface area contributed by atoms with Crippen LogP contribution in [0.3, 0.4) is 0 Å². The van der Waals surface area contributed by atoms with Gasteiger partial charge >= 0.3 is 0 Å². The molecule has 1 aromatic heterocycles. The Hall–Kier alpha value is -0.940. The zero-order valence-corrected chi connectivity index (χ0v) is 9.56. The topological polar surface area (TPSA) is 54.0 Å². The van der Waals surface area contributed by atoms with Crippen LogP contribution in [0.5, 0.6) is 0 Å². The minimum Gasteiger partial charge on any atom is -0.349 e. The Morgan fingerprint density at radius 2 is 2.67 bits per heavy atom. The Bertz CT molecular complexity index is 344. The zero-order valence-electron chi connectivity index (χ0n) is 8.75. The second-order valence-corrected chi connectivity index (χ2v) is 4.82. The molecule has 1 aliphatic rings. The molecule has 0 spiro atoms. The predicted octanol–water partition coefficient (Wildman–Crippen LogP) is 0.933. The maximum atomic E-state index is 11.6. The van der Waals surface area contributed by atoms with E-state index in [9.17, 15) is 4.79 Å². The van der Waals surface area contributed by atoms with Crippen molar-refractivity contribution in [3.63, 3.8) is 0 Å². The summed E-state index contributed by atoms with van der Waals surface area (Å²) in [6, 6.07) is 0.439. The standard InChI is InChI=1S/C10H15N3OS/c1-7-13-9(6-15-7)10(14)12-5-8-3-2-4-11-8/h6,8,11H,2-5H2,1H3,(H,12,14). The lowest BCUT2D eigenvalue weighted by molar-refractivity contribution is 0.0946. The van der Waals surface area contributed by atoms with Crippen molar-refractivity contribution >= 4 is 17.2 Å². The minimum absolute atomic E-state index is 0.0620. The van der Waals surface area contributed by atoms with Crippen molar-refractivity contribution in [2.45, 2.75) is 25.8 Å². The average Bonchev–Trinajstić information content (AvgIpc) is 2.84. The molecule has 0 radical (unpaired) electrons. The molecule has 82 valence electrons. The number of aryl methyl sites for hydroxylation is 1. The molecule has 15 heavy (non-hydrogen) atoms. The van der Waals surface area contributed by atoms with E-state index in [1.165, 1.54) is 17.8 Å². The molecule has 2 N–H and O–H groups in total. The summed E-state index contributed by atoms with van der Waals surface area (Å²) in [5.41, 5.74) is 0.537. The lowest BCUT2D eigenvalue weighted by Crippen LogP contribution is -2.37. The van der Waals surface area contributed by atoms with E-state index in [0.29, 0.717) is 18.3 Å². The minimum atomic E-state index is -0.0620. The van der Waals surface area contributed by atoms with E-state index in [1.54, 1.807) is 5.38 Å². The molecule has 5 heteroatoms. The number of amides is 1. The molecule has 1 unspecified atom stereocenters. The fourth-order valence-corrected chi connectivity index (χ4v) is 2.30. The second-order valence-electron chi connectivity index (χ2n) is 3.76. The monoisotopic (exact) mass is 225 g/mol. The number of carbonyl (C=O) groups is 1. The SMILES string of the molecule is Cc1nc(C(=O)NCC2CCCN2)cs1. The van der Waals surface area contributed by atoms with Crippen LogP contribution in [0, 0.1) is 6.92 Å². The number of thiazole rings is 1. The summed E-state index contributed by atoms with van der Waals surface area (Å²) in [6.45, 7) is 3.67. The summed E-state index contributed by atoms with van der Waals surface area (Å²) in [7, 11) is 0. The highest BCUT2D eigenvalue weighted by atomic mass is 32.1. The molecular weight excluding hydrogens is 210 g/mol. The van der Waals surface area contributed by atoms with Crippen LogP contribution in [0.2, 0.25) is 0 Å². The van der Waals surface area contributed by atoms with Crippen molar-refractivity contribution in [1.82, 2.24) is 15.6 Å². The summed E-state index contributed by atoms with van der Waals surface area (Å²) in [5.74, 6) is -0.0620. The maximum absolute atomic E-state index is 11.6. The molecule has 4 nitrogen and oxygen atoms in total. The molecule has 1 aromatic rings. The number of nitrogens with zero attached hydrogens (tertiary/aromatic N) is 1. The Kier molecular flexibility index (Phi) is 3.33. The Labute approximate surface area is 93.1 Å². The van der Waals surface area contributed by atoms with Gasteiger partial charge in [0.1, 0.15) is 5.69 Å². The molecule has 2 heterocycles. The van der Waals surface area contributed by atoms with Gasteiger partial charge in [-0.15, -0.1) is 11.3 Å². The predicted molar refractivity (Wildman–Crippen MR) is 60.2 cm³/mol. The highest BCUT2D eigenvalue weighted by molar-refractivity contribution is 7.09. The molecule has 1 amide bonds. The first-order valence-electron chi connectivity index (χ1n) is 5.19. The fraction of sp³-hybridized carbons (Fsp3) is 0.600. The highest BCUT2D eigenvalue weighted by Gasteiger charge is 2.16. The Morgan fingerprint density at radius 3 is 3.27 bits per heavy atom. The highest BCUT2D eigenvalue weighted by Crippen LogP contribution is 2.08. The number of rotatable bonds is 3. The van der Waals surface area contributed by atoms with Gasteiger partial charge in [-0.05, 0) is 26.3 Å². The number of hydrogen-bond donors (Lipinski definition) is 2. The quantitative estimate of drug-likeness (QED) is 0.804. The van der Waals surface area contributed by atoms with E-state index in [-0.39, 0.29) is 5.91 Å². The van der Waals surface area contributed by atoms with Gasteiger partial charge in [0.05, 0.1) is 5.01 Å². The lowest BCUT2D eigenvalue weighted by atomic mass is 10.2. The summed E-state index contributed by atoms with van der Waals surface area (Å²) < 4.78 is 0. The summed E-state index contributed by atoms with van der Waals surface area (Å²) in [5, 5.41) is 8.96. The third-order valence-electron chi connectivity index (χ3n) is 2.52. The molecule has 1 atom stereocenters. The molecule has 1 fully saturated rings. The Balaban J connectivity index is 1.81. The van der Waals surface area contributed by atoms with Crippen LogP contribution in [0.15, 0.2) is 5.38 Å². The number of nitrogens with one attached hydrogen (secondary N) is 2. The van der Waals surface area contributed by atoms with Crippen molar-refractivity contribution in [3.8, 4) is 0 Å².